The molecule has 2 aromatic carbocycles. The molecule has 0 atom stereocenters. The highest BCUT2D eigenvalue weighted by Gasteiger charge is 2.33. The van der Waals surface area contributed by atoms with Gasteiger partial charge in [-0.15, -0.1) is 0 Å². The van der Waals surface area contributed by atoms with Crippen molar-refractivity contribution in [3.8, 4) is 0 Å². The molecule has 2 nitrogen and oxygen atoms in total. The summed E-state index contributed by atoms with van der Waals surface area (Å²) in [4.78, 5) is 12.4. The van der Waals surface area contributed by atoms with Crippen molar-refractivity contribution in [1.29, 1.82) is 0 Å². The van der Waals surface area contributed by atoms with Crippen LogP contribution in [0.2, 0.25) is 0 Å². The quantitative estimate of drug-likeness (QED) is 0.387. The lowest BCUT2D eigenvalue weighted by Crippen LogP contribution is -3.85. The van der Waals surface area contributed by atoms with Crippen molar-refractivity contribution in [3.63, 3.8) is 0 Å². The summed E-state index contributed by atoms with van der Waals surface area (Å²) >= 11 is -2.14. The van der Waals surface area contributed by atoms with Gasteiger partial charge >= 0.3 is 26.2 Å². The molecule has 135 valence electrons. The Morgan fingerprint density at radius 3 is 1.76 bits per heavy atom. The molecule has 2 rings (SSSR count). The van der Waals surface area contributed by atoms with Crippen molar-refractivity contribution < 1.29 is 28.1 Å². The normalized spacial score (nSPS) is 10.8. The second-order valence-electron chi connectivity index (χ2n) is 6.16. The van der Waals surface area contributed by atoms with Crippen molar-refractivity contribution in [2.75, 3.05) is 0 Å². The fourth-order valence-electron chi connectivity index (χ4n) is 2.62. The van der Waals surface area contributed by atoms with E-state index in [1.54, 1.807) is 0 Å². The summed E-state index contributed by atoms with van der Waals surface area (Å²) in [5.41, 5.74) is 0. The van der Waals surface area contributed by atoms with Gasteiger partial charge in [0.1, 0.15) is 0 Å². The molecule has 0 fully saturated rings. The molecule has 0 bridgehead atoms. The van der Waals surface area contributed by atoms with E-state index in [4.69, 9.17) is 3.07 Å². The van der Waals surface area contributed by atoms with Crippen LogP contribution >= 0.6 is 0 Å². The van der Waals surface area contributed by atoms with Gasteiger partial charge in [-0.25, -0.2) is 7.86 Å². The van der Waals surface area contributed by atoms with Gasteiger partial charge in [-0.1, -0.05) is 81.8 Å². The number of carbonyl (C=O) groups excluding carboxylic acids is 1. The van der Waals surface area contributed by atoms with Crippen LogP contribution < -0.4 is 20.2 Å². The largest absolute Gasteiger partial charge is 0.360 e. The molecule has 2 aromatic rings. The first kappa shape index (κ1) is 20.0. The van der Waals surface area contributed by atoms with E-state index in [0.717, 1.165) is 12.8 Å². The molecule has 0 unspecified atom stereocenters. The van der Waals surface area contributed by atoms with Crippen LogP contribution in [0.15, 0.2) is 60.7 Å². The van der Waals surface area contributed by atoms with E-state index in [1.165, 1.54) is 39.2 Å². The molecule has 0 aliphatic heterocycles. The van der Waals surface area contributed by atoms with Crippen LogP contribution in [-0.4, -0.2) is 5.97 Å². The zero-order valence-electron chi connectivity index (χ0n) is 15.1. The predicted molar refractivity (Wildman–Crippen MR) is 99.0 cm³/mol. The third-order valence-electron chi connectivity index (χ3n) is 4.01. The minimum absolute atomic E-state index is 0.0357. The average molecular weight is 452 g/mol. The summed E-state index contributed by atoms with van der Waals surface area (Å²) in [6, 6.07) is 20.4. The Bertz CT molecular complexity index is 558. The topological polar surface area (TPSA) is 26.3 Å². The van der Waals surface area contributed by atoms with Crippen molar-refractivity contribution in [3.05, 3.63) is 67.8 Å². The summed E-state index contributed by atoms with van der Waals surface area (Å²) < 4.78 is 8.33. The Labute approximate surface area is 159 Å². The van der Waals surface area contributed by atoms with Gasteiger partial charge < -0.3 is 0 Å². The Balaban J connectivity index is 1.84. The number of hydrogen-bond donors (Lipinski definition) is 0. The minimum atomic E-state index is -2.14. The third kappa shape index (κ3) is 7.59. The fraction of sp³-hybridized carbons (Fsp3) is 0.409. The minimum Gasteiger partial charge on any atom is -0.247 e. The van der Waals surface area contributed by atoms with Crippen LogP contribution in [0, 0.1) is 7.14 Å². The second kappa shape index (κ2) is 12.1. The molecule has 0 amide bonds. The van der Waals surface area contributed by atoms with Gasteiger partial charge in [0.15, 0.2) is 7.14 Å². The van der Waals surface area contributed by atoms with E-state index in [-0.39, 0.29) is 5.97 Å². The molecular weight excluding hydrogens is 423 g/mol. The summed E-state index contributed by atoms with van der Waals surface area (Å²) in [7, 11) is 0. The molecule has 0 aliphatic rings. The number of rotatable bonds is 11. The molecule has 0 spiro atoms. The second-order valence-corrected chi connectivity index (χ2v) is 10.5. The molecule has 0 aliphatic carbocycles. The maximum absolute atomic E-state index is 12.4. The van der Waals surface area contributed by atoms with E-state index in [0.29, 0.717) is 6.42 Å². The van der Waals surface area contributed by atoms with Gasteiger partial charge in [0, 0.05) is 0 Å². The molecule has 25 heavy (non-hydrogen) atoms. The Morgan fingerprint density at radius 2 is 1.24 bits per heavy atom. The van der Waals surface area contributed by atoms with Gasteiger partial charge in [-0.05, 0) is 30.7 Å². The lowest BCUT2D eigenvalue weighted by molar-refractivity contribution is -1.04. The molecule has 0 N–H and O–H groups in total. The van der Waals surface area contributed by atoms with Gasteiger partial charge in [0.2, 0.25) is 0 Å². The first-order chi connectivity index (χ1) is 12.3. The SMILES string of the molecule is CCCCCCCCCC(=O)O[I+](c1ccccc1)c1ccccc1. The average Bonchev–Trinajstić information content (AvgIpc) is 2.67. The van der Waals surface area contributed by atoms with Crippen LogP contribution in [0.4, 0.5) is 0 Å². The molecule has 0 saturated heterocycles. The van der Waals surface area contributed by atoms with Gasteiger partial charge in [-0.3, -0.25) is 0 Å². The number of hydrogen-bond acceptors (Lipinski definition) is 2. The molecule has 0 saturated carbocycles. The molecule has 1 radical (unpaired) electrons. The fourth-order valence-corrected chi connectivity index (χ4v) is 6.70. The van der Waals surface area contributed by atoms with Crippen LogP contribution in [0.3, 0.4) is 0 Å². The van der Waals surface area contributed by atoms with Crippen LogP contribution in [0.25, 0.3) is 0 Å². The maximum atomic E-state index is 12.4. The molecular formula is C22H29IO2+. The highest BCUT2D eigenvalue weighted by molar-refractivity contribution is 5.68. The summed E-state index contributed by atoms with van der Waals surface area (Å²) in [5.74, 6) is -0.0357. The van der Waals surface area contributed by atoms with Crippen molar-refractivity contribution in [2.45, 2.75) is 58.3 Å². The zero-order chi connectivity index (χ0) is 17.7. The van der Waals surface area contributed by atoms with Gasteiger partial charge in [0.25, 0.3) is 0 Å². The number of halogens is 1. The van der Waals surface area contributed by atoms with Gasteiger partial charge in [0.05, 0.1) is 6.42 Å². The zero-order valence-corrected chi connectivity index (χ0v) is 17.3. The highest BCUT2D eigenvalue weighted by Crippen LogP contribution is 2.08. The van der Waals surface area contributed by atoms with E-state index in [2.05, 4.69) is 31.2 Å². The number of unbranched alkanes of at least 4 members (excludes halogenated alkanes) is 6. The smallest absolute Gasteiger partial charge is 0.247 e. The Morgan fingerprint density at radius 1 is 0.760 bits per heavy atom. The van der Waals surface area contributed by atoms with Gasteiger partial charge in [-0.2, -0.15) is 0 Å². The third-order valence-corrected chi connectivity index (χ3v) is 8.64. The predicted octanol–water partition coefficient (Wildman–Crippen LogP) is 2.95. The number of benzene rings is 2. The van der Waals surface area contributed by atoms with Crippen LogP contribution in [-0.2, 0) is 7.86 Å². The maximum Gasteiger partial charge on any atom is 0.360 e. The number of carbonyl (C=O) groups is 1. The van der Waals surface area contributed by atoms with Crippen molar-refractivity contribution in [2.24, 2.45) is 0 Å². The van der Waals surface area contributed by atoms with E-state index in [9.17, 15) is 4.79 Å². The molecule has 0 aromatic heterocycles. The van der Waals surface area contributed by atoms with E-state index < -0.39 is 20.2 Å². The molecule has 3 heteroatoms. The summed E-state index contributed by atoms with van der Waals surface area (Å²) in [6.45, 7) is 2.23. The highest BCUT2D eigenvalue weighted by atomic mass is 127. The van der Waals surface area contributed by atoms with E-state index >= 15 is 0 Å². The molecule has 0 heterocycles. The lowest BCUT2D eigenvalue weighted by atomic mass is 10.1. The Kier molecular flexibility index (Phi) is 9.63. The first-order valence-electron chi connectivity index (χ1n) is 9.32. The standard InChI is InChI=1S/C22H29IO2/c1-2-3-4-5-6-7-14-19-22(24)25-23(20-15-10-8-11-16-20)21-17-12-9-13-18-21/h8-13,15-18H,2-7,14,19H2,1H3/q+1. The van der Waals surface area contributed by atoms with E-state index in [1.807, 2.05) is 36.4 Å². The van der Waals surface area contributed by atoms with Crippen molar-refractivity contribution >= 4 is 5.97 Å². The summed E-state index contributed by atoms with van der Waals surface area (Å²) in [6.07, 6.45) is 9.05. The monoisotopic (exact) mass is 452 g/mol. The summed E-state index contributed by atoms with van der Waals surface area (Å²) in [5, 5.41) is 0. The first-order valence-corrected chi connectivity index (χ1v) is 12.4. The van der Waals surface area contributed by atoms with Crippen LogP contribution in [0.5, 0.6) is 0 Å². The lowest BCUT2D eigenvalue weighted by Gasteiger charge is -2.05. The Hall–Kier alpha value is -1.36. The van der Waals surface area contributed by atoms with Crippen molar-refractivity contribution in [1.82, 2.24) is 0 Å². The van der Waals surface area contributed by atoms with Crippen LogP contribution in [0.1, 0.15) is 58.3 Å².